The fourth-order valence-electron chi connectivity index (χ4n) is 4.04. The Morgan fingerprint density at radius 2 is 1.24 bits per heavy atom. The molecule has 1 fully saturated rings. The van der Waals surface area contributed by atoms with Gasteiger partial charge in [-0.3, -0.25) is 19.2 Å². The van der Waals surface area contributed by atoms with Gasteiger partial charge in [0.15, 0.2) is 5.41 Å². The average Bonchev–Trinajstić information content (AvgIpc) is 2.85. The molecule has 0 N–H and O–H groups in total. The van der Waals surface area contributed by atoms with Gasteiger partial charge in [0, 0.05) is 14.7 Å². The van der Waals surface area contributed by atoms with Crippen LogP contribution >= 0.6 is 22.6 Å². The molecule has 1 saturated heterocycles. The summed E-state index contributed by atoms with van der Waals surface area (Å²) >= 11 is 2.01. The normalized spacial score (nSPS) is 18.2. The molecule has 170 valence electrons. The molecule has 0 bridgehead atoms. The Balaban J connectivity index is 1.92. The van der Waals surface area contributed by atoms with Gasteiger partial charge >= 0.3 is 6.03 Å². The molecule has 0 saturated carbocycles. The highest BCUT2D eigenvalue weighted by molar-refractivity contribution is 14.1. The first-order valence-corrected chi connectivity index (χ1v) is 11.6. The first kappa shape index (κ1) is 23.5. The van der Waals surface area contributed by atoms with E-state index in [1.807, 2.05) is 22.6 Å². The number of carbonyl (C=O) groups is 5. The maximum Gasteiger partial charge on any atom is 0.347 e. The van der Waals surface area contributed by atoms with Gasteiger partial charge in [0.25, 0.3) is 23.6 Å². The van der Waals surface area contributed by atoms with Crippen LogP contribution in [0.4, 0.5) is 4.79 Å². The molecule has 1 aliphatic heterocycles. The van der Waals surface area contributed by atoms with Crippen molar-refractivity contribution < 1.29 is 24.0 Å². The molecule has 4 rings (SSSR count). The molecule has 34 heavy (non-hydrogen) atoms. The van der Waals surface area contributed by atoms with Crippen LogP contribution in [0.15, 0.2) is 84.9 Å². The van der Waals surface area contributed by atoms with E-state index < -0.39 is 35.1 Å². The maximum atomic E-state index is 13.8. The zero-order valence-electron chi connectivity index (χ0n) is 18.1. The Morgan fingerprint density at radius 3 is 1.76 bits per heavy atom. The highest BCUT2D eigenvalue weighted by atomic mass is 127. The van der Waals surface area contributed by atoms with Crippen LogP contribution in [0.3, 0.4) is 0 Å². The number of hydrogen-bond acceptors (Lipinski definition) is 5. The minimum Gasteiger partial charge on any atom is -0.272 e. The van der Waals surface area contributed by atoms with Crippen molar-refractivity contribution in [2.75, 3.05) is 0 Å². The van der Waals surface area contributed by atoms with E-state index >= 15 is 0 Å². The highest BCUT2D eigenvalue weighted by Crippen LogP contribution is 2.38. The molecule has 1 heterocycles. The van der Waals surface area contributed by atoms with Gasteiger partial charge in [0.05, 0.1) is 0 Å². The number of imide groups is 6. The number of urea groups is 1. The van der Waals surface area contributed by atoms with Crippen LogP contribution in [0.5, 0.6) is 0 Å². The third-order valence-corrected chi connectivity index (χ3v) is 6.49. The fourth-order valence-corrected chi connectivity index (χ4v) is 4.58. The molecule has 1 atom stereocenters. The Bertz CT molecular complexity index is 1310. The Kier molecular flexibility index (Phi) is 6.43. The molecule has 7 nitrogen and oxygen atoms in total. The number of rotatable bonds is 4. The minimum absolute atomic E-state index is 0.0589. The summed E-state index contributed by atoms with van der Waals surface area (Å²) in [6.45, 7) is 1.61. The van der Waals surface area contributed by atoms with Gasteiger partial charge in [-0.05, 0) is 64.9 Å². The van der Waals surface area contributed by atoms with Crippen molar-refractivity contribution in [1.29, 1.82) is 0 Å². The van der Waals surface area contributed by atoms with Crippen molar-refractivity contribution >= 4 is 52.3 Å². The molecule has 1 aliphatic rings. The van der Waals surface area contributed by atoms with Gasteiger partial charge in [-0.25, -0.2) is 4.79 Å². The van der Waals surface area contributed by atoms with Crippen LogP contribution in [-0.2, 0) is 15.0 Å². The van der Waals surface area contributed by atoms with Gasteiger partial charge in [-0.2, -0.15) is 9.80 Å². The standard InChI is InChI=1S/C26H19IN2O5/c1-2-26(19-13-7-4-8-14-19)23(32)28(21(30)17-10-5-3-6-11-17)25(34)29(24(26)33)22(31)18-12-9-15-20(27)16-18/h3-16H,2H2,1H3. The third kappa shape index (κ3) is 3.73. The molecule has 6 amide bonds. The summed E-state index contributed by atoms with van der Waals surface area (Å²) in [6, 6.07) is 21.1. The van der Waals surface area contributed by atoms with Gasteiger partial charge < -0.3 is 0 Å². The van der Waals surface area contributed by atoms with E-state index in [4.69, 9.17) is 0 Å². The fraction of sp³-hybridized carbons (Fsp3) is 0.115. The van der Waals surface area contributed by atoms with Crippen LogP contribution < -0.4 is 0 Å². The average molecular weight is 566 g/mol. The van der Waals surface area contributed by atoms with Crippen molar-refractivity contribution in [2.45, 2.75) is 18.8 Å². The summed E-state index contributed by atoms with van der Waals surface area (Å²) in [5.74, 6) is -3.76. The number of nitrogens with zero attached hydrogens (tertiary/aromatic N) is 2. The summed E-state index contributed by atoms with van der Waals surface area (Å²) in [4.78, 5) is 68.7. The quantitative estimate of drug-likeness (QED) is 0.265. The van der Waals surface area contributed by atoms with Gasteiger partial charge in [0.1, 0.15) is 0 Å². The van der Waals surface area contributed by atoms with E-state index in [-0.39, 0.29) is 17.5 Å². The Morgan fingerprint density at radius 1 is 0.735 bits per heavy atom. The van der Waals surface area contributed by atoms with Crippen LogP contribution in [0.1, 0.15) is 39.6 Å². The molecule has 3 aromatic carbocycles. The second-order valence-corrected chi connectivity index (χ2v) is 8.92. The van der Waals surface area contributed by atoms with Gasteiger partial charge in [-0.15, -0.1) is 0 Å². The third-order valence-electron chi connectivity index (χ3n) is 5.81. The molecule has 0 spiro atoms. The monoisotopic (exact) mass is 566 g/mol. The molecule has 3 aromatic rings. The summed E-state index contributed by atoms with van der Waals surface area (Å²) < 4.78 is 0.721. The van der Waals surface area contributed by atoms with Crippen LogP contribution in [0.2, 0.25) is 0 Å². The van der Waals surface area contributed by atoms with Crippen molar-refractivity contribution in [1.82, 2.24) is 9.80 Å². The van der Waals surface area contributed by atoms with Crippen molar-refractivity contribution in [3.63, 3.8) is 0 Å². The molecule has 0 aromatic heterocycles. The predicted octanol–water partition coefficient (Wildman–Crippen LogP) is 4.41. The van der Waals surface area contributed by atoms with Gasteiger partial charge in [0.2, 0.25) is 0 Å². The first-order valence-electron chi connectivity index (χ1n) is 10.5. The van der Waals surface area contributed by atoms with E-state index in [1.54, 1.807) is 67.6 Å². The molecule has 8 heteroatoms. The van der Waals surface area contributed by atoms with E-state index in [0.717, 1.165) is 3.57 Å². The Labute approximate surface area is 209 Å². The van der Waals surface area contributed by atoms with Crippen molar-refractivity contribution in [3.05, 3.63) is 105 Å². The topological polar surface area (TPSA) is 91.8 Å². The van der Waals surface area contributed by atoms with Crippen LogP contribution in [0.25, 0.3) is 0 Å². The van der Waals surface area contributed by atoms with Crippen LogP contribution in [-0.4, -0.2) is 39.5 Å². The van der Waals surface area contributed by atoms with E-state index in [0.29, 0.717) is 15.4 Å². The number of benzene rings is 3. The van der Waals surface area contributed by atoms with E-state index in [1.165, 1.54) is 24.3 Å². The van der Waals surface area contributed by atoms with Crippen LogP contribution in [0, 0.1) is 3.57 Å². The Hall–Kier alpha value is -3.66. The summed E-state index contributed by atoms with van der Waals surface area (Å²) in [6.07, 6.45) is -0.0589. The SMILES string of the molecule is CCC1(c2ccccc2)C(=O)N(C(=O)c2ccccc2)C(=O)N(C(=O)c2cccc(I)c2)C1=O. The predicted molar refractivity (Wildman–Crippen MR) is 132 cm³/mol. The molecule has 0 radical (unpaired) electrons. The number of halogens is 1. The van der Waals surface area contributed by atoms with Crippen molar-refractivity contribution in [3.8, 4) is 0 Å². The second-order valence-electron chi connectivity index (χ2n) is 7.68. The maximum absolute atomic E-state index is 13.8. The van der Waals surface area contributed by atoms with E-state index in [9.17, 15) is 24.0 Å². The lowest BCUT2D eigenvalue weighted by atomic mass is 9.74. The number of hydrogen-bond donors (Lipinski definition) is 0. The molecular weight excluding hydrogens is 547 g/mol. The largest absolute Gasteiger partial charge is 0.347 e. The van der Waals surface area contributed by atoms with E-state index in [2.05, 4.69) is 0 Å². The zero-order chi connectivity index (χ0) is 24.5. The molecule has 1 unspecified atom stereocenters. The lowest BCUT2D eigenvalue weighted by molar-refractivity contribution is -0.148. The lowest BCUT2D eigenvalue weighted by Gasteiger charge is -2.42. The van der Waals surface area contributed by atoms with Crippen molar-refractivity contribution in [2.24, 2.45) is 0 Å². The minimum atomic E-state index is -1.92. The number of barbiturate groups is 1. The zero-order valence-corrected chi connectivity index (χ0v) is 20.3. The molecule has 0 aliphatic carbocycles. The number of amides is 6. The second kappa shape index (κ2) is 9.30. The lowest BCUT2D eigenvalue weighted by Crippen LogP contribution is -2.69. The summed E-state index contributed by atoms with van der Waals surface area (Å²) in [5.41, 5.74) is -1.45. The smallest absolute Gasteiger partial charge is 0.272 e. The first-order chi connectivity index (χ1) is 16.3. The molecular formula is C26H19IN2O5. The summed E-state index contributed by atoms with van der Waals surface area (Å²) in [7, 11) is 0. The highest BCUT2D eigenvalue weighted by Gasteiger charge is 2.60. The number of carbonyl (C=O) groups excluding carboxylic acids is 5. The summed E-state index contributed by atoms with van der Waals surface area (Å²) in [5, 5.41) is 0. The van der Waals surface area contributed by atoms with Gasteiger partial charge in [-0.1, -0.05) is 61.5 Å².